The standard InChI is InChI=1S/C35H51ClN2O2S/c1-4-5-6-7-8-9-10-11-12-13-14-17-24-40-35-21-20-31(25-33(35)36)22-23-38(30(3)39)34-19-16-15-18-32(34)27-37-26-29(2)41-28-37/h15-16,18-21,25-26H,4-14,17,22-24,27-28H2,1-3H3. The number of unbranched alkanes of at least 4 members (excludes halogenated alkanes) is 11. The van der Waals surface area contributed by atoms with Crippen LogP contribution >= 0.6 is 23.4 Å². The molecule has 1 heterocycles. The lowest BCUT2D eigenvalue weighted by atomic mass is 10.1. The highest BCUT2D eigenvalue weighted by Gasteiger charge is 2.18. The minimum absolute atomic E-state index is 0.0495. The van der Waals surface area contributed by atoms with Crippen molar-refractivity contribution in [2.24, 2.45) is 0 Å². The van der Waals surface area contributed by atoms with E-state index in [2.05, 4.69) is 43.1 Å². The Morgan fingerprint density at radius 1 is 0.951 bits per heavy atom. The second-order valence-corrected chi connectivity index (χ2v) is 12.9. The van der Waals surface area contributed by atoms with Gasteiger partial charge in [-0.3, -0.25) is 4.79 Å². The fraction of sp³-hybridized carbons (Fsp3) is 0.571. The summed E-state index contributed by atoms with van der Waals surface area (Å²) in [4.78, 5) is 18.2. The highest BCUT2D eigenvalue weighted by molar-refractivity contribution is 8.03. The molecule has 6 heteroatoms. The Morgan fingerprint density at radius 3 is 2.22 bits per heavy atom. The van der Waals surface area contributed by atoms with Gasteiger partial charge in [-0.15, -0.1) is 11.8 Å². The van der Waals surface area contributed by atoms with Gasteiger partial charge >= 0.3 is 0 Å². The smallest absolute Gasteiger partial charge is 0.223 e. The van der Waals surface area contributed by atoms with Crippen molar-refractivity contribution >= 4 is 35.0 Å². The van der Waals surface area contributed by atoms with E-state index >= 15 is 0 Å². The van der Waals surface area contributed by atoms with Crippen molar-refractivity contribution in [3.8, 4) is 5.75 Å². The van der Waals surface area contributed by atoms with E-state index in [1.54, 1.807) is 6.92 Å². The molecule has 1 aliphatic rings. The van der Waals surface area contributed by atoms with E-state index < -0.39 is 0 Å². The predicted octanol–water partition coefficient (Wildman–Crippen LogP) is 10.4. The van der Waals surface area contributed by atoms with Crippen molar-refractivity contribution in [2.45, 2.75) is 111 Å². The molecule has 0 aromatic heterocycles. The number of rotatable bonds is 20. The Bertz CT molecular complexity index is 1090. The molecular weight excluding hydrogens is 548 g/mol. The predicted molar refractivity (Wildman–Crippen MR) is 178 cm³/mol. The fourth-order valence-corrected chi connectivity index (χ4v) is 6.38. The summed E-state index contributed by atoms with van der Waals surface area (Å²) in [6, 6.07) is 14.3. The number of hydrogen-bond acceptors (Lipinski definition) is 4. The van der Waals surface area contributed by atoms with Gasteiger partial charge in [0.15, 0.2) is 0 Å². The molecule has 0 atom stereocenters. The van der Waals surface area contributed by atoms with Crippen molar-refractivity contribution in [1.82, 2.24) is 4.90 Å². The third kappa shape index (κ3) is 12.3. The molecular formula is C35H51ClN2O2S. The number of amides is 1. The lowest BCUT2D eigenvalue weighted by Gasteiger charge is -2.26. The molecule has 0 aliphatic carbocycles. The highest BCUT2D eigenvalue weighted by atomic mass is 35.5. The van der Waals surface area contributed by atoms with Crippen LogP contribution < -0.4 is 9.64 Å². The second kappa shape index (κ2) is 19.2. The van der Waals surface area contributed by atoms with E-state index in [9.17, 15) is 4.79 Å². The number of anilines is 1. The SMILES string of the molecule is CCCCCCCCCCCCCCOc1ccc(CCN(C(C)=O)c2ccccc2CN2C=C(C)SC2)cc1Cl. The van der Waals surface area contributed by atoms with E-state index in [-0.39, 0.29) is 5.91 Å². The van der Waals surface area contributed by atoms with Crippen molar-refractivity contribution in [3.63, 3.8) is 0 Å². The van der Waals surface area contributed by atoms with Crippen LogP contribution in [-0.4, -0.2) is 29.8 Å². The van der Waals surface area contributed by atoms with Gasteiger partial charge in [-0.1, -0.05) is 113 Å². The van der Waals surface area contributed by atoms with Crippen LogP contribution in [0.3, 0.4) is 0 Å². The Morgan fingerprint density at radius 2 is 1.61 bits per heavy atom. The van der Waals surface area contributed by atoms with Gasteiger partial charge in [0.1, 0.15) is 5.75 Å². The summed E-state index contributed by atoms with van der Waals surface area (Å²) >= 11 is 8.44. The van der Waals surface area contributed by atoms with Crippen LogP contribution in [0.5, 0.6) is 5.75 Å². The quantitative estimate of drug-likeness (QED) is 0.142. The molecule has 41 heavy (non-hydrogen) atoms. The number of halogens is 1. The van der Waals surface area contributed by atoms with Crippen molar-refractivity contribution in [3.05, 3.63) is 69.7 Å². The maximum atomic E-state index is 12.7. The lowest BCUT2D eigenvalue weighted by molar-refractivity contribution is -0.116. The van der Waals surface area contributed by atoms with E-state index in [0.29, 0.717) is 18.2 Å². The molecule has 2 aromatic rings. The van der Waals surface area contributed by atoms with Crippen molar-refractivity contribution in [2.75, 3.05) is 23.9 Å². The van der Waals surface area contributed by atoms with Gasteiger partial charge < -0.3 is 14.5 Å². The first-order chi connectivity index (χ1) is 20.0. The third-order valence-corrected chi connectivity index (χ3v) is 9.05. The largest absolute Gasteiger partial charge is 0.492 e. The Kier molecular flexibility index (Phi) is 15.6. The molecule has 1 aliphatic heterocycles. The highest BCUT2D eigenvalue weighted by Crippen LogP contribution is 2.30. The number of ether oxygens (including phenoxy) is 1. The zero-order chi connectivity index (χ0) is 29.3. The summed E-state index contributed by atoms with van der Waals surface area (Å²) in [6.07, 6.45) is 18.9. The number of thioether (sulfide) groups is 1. The molecule has 4 nitrogen and oxygen atoms in total. The first-order valence-electron chi connectivity index (χ1n) is 15.8. The number of hydrogen-bond donors (Lipinski definition) is 0. The molecule has 0 radical (unpaired) electrons. The van der Waals surface area contributed by atoms with Gasteiger partial charge in [0.05, 0.1) is 17.5 Å². The summed E-state index contributed by atoms with van der Waals surface area (Å²) in [5.41, 5.74) is 3.25. The molecule has 0 saturated heterocycles. The number of carbonyl (C=O) groups excluding carboxylic acids is 1. The number of allylic oxidation sites excluding steroid dienone is 1. The monoisotopic (exact) mass is 598 g/mol. The van der Waals surface area contributed by atoms with Crippen LogP contribution in [0.2, 0.25) is 5.02 Å². The minimum Gasteiger partial charge on any atom is -0.492 e. The number of benzene rings is 2. The fourth-order valence-electron chi connectivity index (χ4n) is 5.36. The van der Waals surface area contributed by atoms with Crippen LogP contribution in [0.4, 0.5) is 5.69 Å². The topological polar surface area (TPSA) is 32.8 Å². The van der Waals surface area contributed by atoms with Gasteiger partial charge in [0.2, 0.25) is 5.91 Å². The summed E-state index contributed by atoms with van der Waals surface area (Å²) < 4.78 is 6.00. The summed E-state index contributed by atoms with van der Waals surface area (Å²) in [5, 5.41) is 0.643. The van der Waals surface area contributed by atoms with Gasteiger partial charge in [-0.05, 0) is 54.0 Å². The van der Waals surface area contributed by atoms with Crippen LogP contribution in [0.1, 0.15) is 109 Å². The normalized spacial score (nSPS) is 13.0. The first-order valence-corrected chi connectivity index (χ1v) is 17.2. The van der Waals surface area contributed by atoms with Gasteiger partial charge in [-0.2, -0.15) is 0 Å². The van der Waals surface area contributed by atoms with Crippen LogP contribution in [0.25, 0.3) is 0 Å². The Hall–Kier alpha value is -2.11. The summed E-state index contributed by atoms with van der Waals surface area (Å²) in [5.74, 6) is 1.75. The number of nitrogens with zero attached hydrogens (tertiary/aromatic N) is 2. The lowest BCUT2D eigenvalue weighted by Crippen LogP contribution is -2.32. The molecule has 2 aromatic carbocycles. The van der Waals surface area contributed by atoms with Gasteiger partial charge in [0.25, 0.3) is 0 Å². The zero-order valence-corrected chi connectivity index (χ0v) is 27.2. The molecule has 226 valence electrons. The number of carbonyl (C=O) groups is 1. The molecule has 0 unspecified atom stereocenters. The van der Waals surface area contributed by atoms with Crippen LogP contribution in [0.15, 0.2) is 53.6 Å². The van der Waals surface area contributed by atoms with Crippen molar-refractivity contribution in [1.29, 1.82) is 0 Å². The average Bonchev–Trinajstić information content (AvgIpc) is 3.37. The molecule has 0 fully saturated rings. The number of para-hydroxylation sites is 1. The molecule has 0 N–H and O–H groups in total. The average molecular weight is 599 g/mol. The second-order valence-electron chi connectivity index (χ2n) is 11.3. The Labute approximate surface area is 258 Å². The van der Waals surface area contributed by atoms with E-state index in [1.165, 1.54) is 75.5 Å². The Balaban J connectivity index is 1.38. The summed E-state index contributed by atoms with van der Waals surface area (Å²) in [6.45, 7) is 8.16. The van der Waals surface area contributed by atoms with Gasteiger partial charge in [0, 0.05) is 31.9 Å². The molecule has 0 saturated carbocycles. The molecule has 3 rings (SSSR count). The minimum atomic E-state index is 0.0495. The molecule has 1 amide bonds. The molecule has 0 bridgehead atoms. The van der Waals surface area contributed by atoms with E-state index in [1.807, 2.05) is 40.9 Å². The first kappa shape index (κ1) is 33.4. The van der Waals surface area contributed by atoms with E-state index in [0.717, 1.165) is 47.8 Å². The maximum Gasteiger partial charge on any atom is 0.223 e. The molecule has 0 spiro atoms. The van der Waals surface area contributed by atoms with Gasteiger partial charge in [-0.25, -0.2) is 0 Å². The van der Waals surface area contributed by atoms with Crippen LogP contribution in [0, 0.1) is 0 Å². The van der Waals surface area contributed by atoms with Crippen molar-refractivity contribution < 1.29 is 9.53 Å². The van der Waals surface area contributed by atoms with Crippen LogP contribution in [-0.2, 0) is 17.8 Å². The summed E-state index contributed by atoms with van der Waals surface area (Å²) in [7, 11) is 0. The third-order valence-electron chi connectivity index (χ3n) is 7.73. The zero-order valence-electron chi connectivity index (χ0n) is 25.6. The van der Waals surface area contributed by atoms with E-state index in [4.69, 9.17) is 16.3 Å². The maximum absolute atomic E-state index is 12.7.